The first-order chi connectivity index (χ1) is 14.3. The largest absolute Gasteiger partial charge is 0.352 e. The van der Waals surface area contributed by atoms with Gasteiger partial charge in [0.05, 0.1) is 11.1 Å². The summed E-state index contributed by atoms with van der Waals surface area (Å²) >= 11 is 6.71. The summed E-state index contributed by atoms with van der Waals surface area (Å²) in [5, 5.41) is 8.01. The molecule has 152 valence electrons. The molecule has 0 aliphatic heterocycles. The fourth-order valence-electron chi connectivity index (χ4n) is 4.25. The van der Waals surface area contributed by atoms with E-state index >= 15 is 0 Å². The molecule has 1 aromatic heterocycles. The highest BCUT2D eigenvalue weighted by Gasteiger charge is 2.21. The summed E-state index contributed by atoms with van der Waals surface area (Å²) in [7, 11) is 0. The average molecular weight is 410 g/mol. The van der Waals surface area contributed by atoms with E-state index in [9.17, 15) is 4.79 Å². The number of para-hydroxylation sites is 2. The van der Waals surface area contributed by atoms with Crippen molar-refractivity contribution >= 4 is 28.4 Å². The normalized spacial score (nSPS) is 14.9. The van der Waals surface area contributed by atoms with Crippen LogP contribution in [0.2, 0.25) is 5.15 Å². The molecule has 0 saturated heterocycles. The minimum Gasteiger partial charge on any atom is -0.352 e. The van der Waals surface area contributed by atoms with E-state index in [0.717, 1.165) is 29.6 Å². The third-order valence-corrected chi connectivity index (χ3v) is 6.09. The molecule has 0 spiro atoms. The number of benzene rings is 2. The molecule has 1 amide bonds. The molecule has 2 aromatic carbocycles. The molecule has 1 aliphatic rings. The van der Waals surface area contributed by atoms with Gasteiger partial charge in [-0.25, -0.2) is 0 Å². The van der Waals surface area contributed by atoms with Crippen LogP contribution in [0.15, 0.2) is 54.6 Å². The first kappa shape index (κ1) is 20.0. The number of carbonyl (C=O) groups is 1. The second kappa shape index (κ2) is 9.47. The van der Waals surface area contributed by atoms with Gasteiger partial charge in [0.1, 0.15) is 5.15 Å². The predicted molar refractivity (Wildman–Crippen MR) is 120 cm³/mol. The lowest BCUT2D eigenvalue weighted by atomic mass is 9.95. The van der Waals surface area contributed by atoms with Crippen molar-refractivity contribution in [1.29, 1.82) is 0 Å². The minimum absolute atomic E-state index is 0.112. The lowest BCUT2D eigenvalue weighted by Crippen LogP contribution is -2.34. The molecule has 1 saturated carbocycles. The Bertz CT molecular complexity index is 961. The summed E-state index contributed by atoms with van der Waals surface area (Å²) in [6, 6.07) is 18.4. The second-order valence-corrected chi connectivity index (χ2v) is 8.11. The van der Waals surface area contributed by atoms with Gasteiger partial charge in [0.15, 0.2) is 0 Å². The highest BCUT2D eigenvalue weighted by Crippen LogP contribution is 2.33. The van der Waals surface area contributed by atoms with E-state index in [1.165, 1.54) is 32.1 Å². The monoisotopic (exact) mass is 409 g/mol. The van der Waals surface area contributed by atoms with Crippen LogP contribution in [0.4, 0.5) is 0 Å². The molecule has 0 unspecified atom stereocenters. The van der Waals surface area contributed by atoms with Crippen LogP contribution >= 0.6 is 11.6 Å². The van der Waals surface area contributed by atoms with E-state index in [0.29, 0.717) is 23.3 Å². The van der Waals surface area contributed by atoms with Crippen LogP contribution < -0.4 is 10.6 Å². The summed E-state index contributed by atoms with van der Waals surface area (Å²) in [6.07, 6.45) is 7.50. The number of nitrogens with one attached hydrogen (secondary N) is 2. The number of hydrogen-bond donors (Lipinski definition) is 2. The molecule has 0 bridgehead atoms. The fraction of sp³-hybridized carbons (Fsp3) is 0.375. The molecule has 4 rings (SSSR count). The summed E-state index contributed by atoms with van der Waals surface area (Å²) in [5.41, 5.74) is 2.43. The molecule has 1 heterocycles. The van der Waals surface area contributed by atoms with E-state index < -0.39 is 0 Å². The number of fused-ring (bicyclic) bond motifs is 1. The highest BCUT2D eigenvalue weighted by atomic mass is 35.5. The topological polar surface area (TPSA) is 46.1 Å². The molecule has 0 atom stereocenters. The van der Waals surface area contributed by atoms with Gasteiger partial charge in [-0.05, 0) is 44.0 Å². The number of aromatic nitrogens is 1. The minimum atomic E-state index is -0.112. The molecule has 5 heteroatoms. The van der Waals surface area contributed by atoms with Gasteiger partial charge in [0.2, 0.25) is 0 Å². The van der Waals surface area contributed by atoms with Crippen molar-refractivity contribution in [3.05, 3.63) is 65.3 Å². The molecule has 4 nitrogen and oxygen atoms in total. The van der Waals surface area contributed by atoms with E-state index in [2.05, 4.69) is 10.6 Å². The Morgan fingerprint density at radius 3 is 2.48 bits per heavy atom. The quantitative estimate of drug-likeness (QED) is 0.518. The van der Waals surface area contributed by atoms with Gasteiger partial charge in [-0.15, -0.1) is 0 Å². The smallest absolute Gasteiger partial charge is 0.255 e. The van der Waals surface area contributed by atoms with Crippen molar-refractivity contribution in [2.45, 2.75) is 44.6 Å². The fourth-order valence-corrected chi connectivity index (χ4v) is 4.62. The van der Waals surface area contributed by atoms with Gasteiger partial charge in [-0.2, -0.15) is 0 Å². The average Bonchev–Trinajstić information content (AvgIpc) is 3.06. The van der Waals surface area contributed by atoms with E-state index in [1.807, 2.05) is 59.2 Å². The number of nitrogens with zero attached hydrogens (tertiary/aromatic N) is 1. The first-order valence-electron chi connectivity index (χ1n) is 10.6. The van der Waals surface area contributed by atoms with Gasteiger partial charge in [-0.3, -0.25) is 9.36 Å². The molecule has 3 aromatic rings. The maximum Gasteiger partial charge on any atom is 0.255 e. The maximum absolute atomic E-state index is 13.0. The SMILES string of the molecule is O=C(NCCCNC1CCCCC1)c1c(Cl)n(-c2ccccc2)c2ccccc12. The van der Waals surface area contributed by atoms with Crippen LogP contribution in [0, 0.1) is 0 Å². The Morgan fingerprint density at radius 1 is 0.966 bits per heavy atom. The van der Waals surface area contributed by atoms with Gasteiger partial charge >= 0.3 is 0 Å². The van der Waals surface area contributed by atoms with Crippen LogP contribution in [0.5, 0.6) is 0 Å². The van der Waals surface area contributed by atoms with Crippen molar-refractivity contribution in [3.63, 3.8) is 0 Å². The third kappa shape index (κ3) is 4.49. The molecule has 29 heavy (non-hydrogen) atoms. The van der Waals surface area contributed by atoms with Crippen LogP contribution in [0.25, 0.3) is 16.6 Å². The van der Waals surface area contributed by atoms with Crippen molar-refractivity contribution in [2.24, 2.45) is 0 Å². The first-order valence-corrected chi connectivity index (χ1v) is 11.0. The van der Waals surface area contributed by atoms with Crippen molar-refractivity contribution in [1.82, 2.24) is 15.2 Å². The Balaban J connectivity index is 1.44. The van der Waals surface area contributed by atoms with Crippen molar-refractivity contribution in [2.75, 3.05) is 13.1 Å². The number of hydrogen-bond acceptors (Lipinski definition) is 2. The van der Waals surface area contributed by atoms with Crippen molar-refractivity contribution < 1.29 is 4.79 Å². The van der Waals surface area contributed by atoms with Crippen LogP contribution in [-0.4, -0.2) is 29.6 Å². The van der Waals surface area contributed by atoms with E-state index in [-0.39, 0.29) is 5.91 Å². The number of carbonyl (C=O) groups excluding carboxylic acids is 1. The Morgan fingerprint density at radius 2 is 1.69 bits per heavy atom. The second-order valence-electron chi connectivity index (χ2n) is 7.75. The summed E-state index contributed by atoms with van der Waals surface area (Å²) < 4.78 is 1.94. The summed E-state index contributed by atoms with van der Waals surface area (Å²) in [4.78, 5) is 13.0. The van der Waals surface area contributed by atoms with Crippen molar-refractivity contribution in [3.8, 4) is 5.69 Å². The molecule has 0 radical (unpaired) electrons. The van der Waals surface area contributed by atoms with Crippen LogP contribution in [0.3, 0.4) is 0 Å². The molecular weight excluding hydrogens is 382 g/mol. The molecule has 1 aliphatic carbocycles. The maximum atomic E-state index is 13.0. The molecule has 1 fully saturated rings. The molecule has 2 N–H and O–H groups in total. The van der Waals surface area contributed by atoms with Gasteiger partial charge in [0.25, 0.3) is 5.91 Å². The van der Waals surface area contributed by atoms with E-state index in [1.54, 1.807) is 0 Å². The zero-order chi connectivity index (χ0) is 20.1. The lowest BCUT2D eigenvalue weighted by molar-refractivity contribution is 0.0955. The van der Waals surface area contributed by atoms with E-state index in [4.69, 9.17) is 11.6 Å². The predicted octanol–water partition coefficient (Wildman–Crippen LogP) is 5.33. The number of rotatable bonds is 7. The van der Waals surface area contributed by atoms with Gasteiger partial charge in [0, 0.05) is 23.7 Å². The Hall–Kier alpha value is -2.30. The standard InChI is InChI=1S/C24H28ClN3O/c25-23-22(24(29)27-17-9-16-26-18-10-3-1-4-11-18)20-14-7-8-15-21(20)28(23)19-12-5-2-6-13-19/h2,5-8,12-15,18,26H,1,3-4,9-11,16-17H2,(H,27,29). The Kier molecular flexibility index (Phi) is 6.53. The van der Waals surface area contributed by atoms with Gasteiger partial charge in [-0.1, -0.05) is 67.3 Å². The number of amides is 1. The third-order valence-electron chi connectivity index (χ3n) is 5.74. The summed E-state index contributed by atoms with van der Waals surface area (Å²) in [6.45, 7) is 1.57. The van der Waals surface area contributed by atoms with Crippen LogP contribution in [0.1, 0.15) is 48.9 Å². The highest BCUT2D eigenvalue weighted by molar-refractivity contribution is 6.36. The zero-order valence-corrected chi connectivity index (χ0v) is 17.4. The summed E-state index contributed by atoms with van der Waals surface area (Å²) in [5.74, 6) is -0.112. The van der Waals surface area contributed by atoms with Crippen LogP contribution in [-0.2, 0) is 0 Å². The Labute approximate surface area is 177 Å². The lowest BCUT2D eigenvalue weighted by Gasteiger charge is -2.22. The van der Waals surface area contributed by atoms with Gasteiger partial charge < -0.3 is 10.6 Å². The number of halogens is 1. The zero-order valence-electron chi connectivity index (χ0n) is 16.7. The molecular formula is C24H28ClN3O.